The summed E-state index contributed by atoms with van der Waals surface area (Å²) in [5, 5.41) is 0.907. The van der Waals surface area contributed by atoms with Gasteiger partial charge >= 0.3 is 0 Å². The molecule has 3 rings (SSSR count). The Bertz CT molecular complexity index is 650. The number of hydrogen-bond donors (Lipinski definition) is 0. The Hall–Kier alpha value is -1.75. The number of nitrogens with zero attached hydrogens (tertiary/aromatic N) is 2. The molecular weight excluding hydrogens is 275 g/mol. The molecule has 1 aliphatic rings. The van der Waals surface area contributed by atoms with Gasteiger partial charge in [0.2, 0.25) is 0 Å². The summed E-state index contributed by atoms with van der Waals surface area (Å²) in [5.74, 6) is -0.214. The van der Waals surface area contributed by atoms with Gasteiger partial charge in [-0.3, -0.25) is 4.79 Å². The average Bonchev–Trinajstić information content (AvgIpc) is 2.70. The number of benzene rings is 1. The molecule has 1 aliphatic heterocycles. The van der Waals surface area contributed by atoms with E-state index in [9.17, 15) is 9.18 Å². The molecule has 2 heterocycles. The highest BCUT2D eigenvalue weighted by atomic mass is 32.1. The SMILES string of the molecule is Cc1nc(C)c(C(=O)N2CC[C@H]2c2ccc(F)cc2)s1. The normalized spacial score (nSPS) is 17.9. The molecule has 0 spiro atoms. The van der Waals surface area contributed by atoms with Crippen LogP contribution < -0.4 is 0 Å². The third-order valence-corrected chi connectivity index (χ3v) is 4.69. The number of carbonyl (C=O) groups is 1. The van der Waals surface area contributed by atoms with E-state index in [4.69, 9.17) is 0 Å². The molecule has 2 aromatic rings. The van der Waals surface area contributed by atoms with Gasteiger partial charge in [-0.25, -0.2) is 9.37 Å². The van der Waals surface area contributed by atoms with Crippen LogP contribution in [0, 0.1) is 19.7 Å². The molecule has 1 saturated heterocycles. The van der Waals surface area contributed by atoms with Crippen molar-refractivity contribution in [2.45, 2.75) is 26.3 Å². The first kappa shape index (κ1) is 13.2. The number of aryl methyl sites for hydroxylation is 2. The molecule has 0 aliphatic carbocycles. The van der Waals surface area contributed by atoms with Crippen molar-refractivity contribution in [1.82, 2.24) is 9.88 Å². The molecule has 1 aromatic carbocycles. The number of hydrogen-bond acceptors (Lipinski definition) is 3. The highest BCUT2D eigenvalue weighted by molar-refractivity contribution is 7.13. The second-order valence-corrected chi connectivity index (χ2v) is 6.21. The van der Waals surface area contributed by atoms with Gasteiger partial charge < -0.3 is 4.90 Å². The van der Waals surface area contributed by atoms with E-state index in [1.807, 2.05) is 18.7 Å². The van der Waals surface area contributed by atoms with Crippen molar-refractivity contribution in [2.24, 2.45) is 0 Å². The lowest BCUT2D eigenvalue weighted by Crippen LogP contribution is -2.45. The topological polar surface area (TPSA) is 33.2 Å². The minimum Gasteiger partial charge on any atom is -0.331 e. The summed E-state index contributed by atoms with van der Waals surface area (Å²) in [6.07, 6.45) is 0.925. The third kappa shape index (κ3) is 2.22. The Kier molecular flexibility index (Phi) is 3.30. The Morgan fingerprint density at radius 2 is 2.05 bits per heavy atom. The zero-order valence-corrected chi connectivity index (χ0v) is 12.2. The van der Waals surface area contributed by atoms with Crippen molar-refractivity contribution in [3.8, 4) is 0 Å². The van der Waals surface area contributed by atoms with Crippen LogP contribution in [-0.4, -0.2) is 22.3 Å². The maximum absolute atomic E-state index is 13.0. The molecule has 0 N–H and O–H groups in total. The molecule has 1 atom stereocenters. The quantitative estimate of drug-likeness (QED) is 0.848. The molecule has 0 bridgehead atoms. The van der Waals surface area contributed by atoms with Gasteiger partial charge in [0.1, 0.15) is 10.7 Å². The molecule has 0 radical (unpaired) electrons. The first-order valence-corrected chi connectivity index (χ1v) is 7.38. The summed E-state index contributed by atoms with van der Waals surface area (Å²) < 4.78 is 13.0. The third-order valence-electron chi connectivity index (χ3n) is 3.63. The Morgan fingerprint density at radius 1 is 1.35 bits per heavy atom. The Labute approximate surface area is 121 Å². The van der Waals surface area contributed by atoms with Gasteiger partial charge in [-0.2, -0.15) is 0 Å². The fraction of sp³-hybridized carbons (Fsp3) is 0.333. The number of aromatic nitrogens is 1. The van der Waals surface area contributed by atoms with Gasteiger partial charge in [0.15, 0.2) is 0 Å². The number of rotatable bonds is 2. The van der Waals surface area contributed by atoms with Crippen LogP contribution in [0.15, 0.2) is 24.3 Å². The standard InChI is InChI=1S/C15H15FN2OS/c1-9-14(20-10(2)17-9)15(19)18-8-7-13(18)11-3-5-12(16)6-4-11/h3-6,13H,7-8H2,1-2H3/t13-/m0/s1. The molecule has 0 unspecified atom stereocenters. The number of thiazole rings is 1. The summed E-state index contributed by atoms with van der Waals surface area (Å²) in [6, 6.07) is 6.45. The zero-order valence-electron chi connectivity index (χ0n) is 11.4. The fourth-order valence-corrected chi connectivity index (χ4v) is 3.40. The second-order valence-electron chi connectivity index (χ2n) is 5.00. The number of likely N-dealkylation sites (tertiary alicyclic amines) is 1. The molecule has 1 aromatic heterocycles. The molecule has 1 amide bonds. The summed E-state index contributed by atoms with van der Waals surface area (Å²) in [7, 11) is 0. The van der Waals surface area contributed by atoms with E-state index in [-0.39, 0.29) is 17.8 Å². The second kappa shape index (κ2) is 4.98. The molecule has 1 fully saturated rings. The van der Waals surface area contributed by atoms with E-state index in [1.54, 1.807) is 12.1 Å². The summed E-state index contributed by atoms with van der Waals surface area (Å²) in [4.78, 5) is 19.4. The van der Waals surface area contributed by atoms with Crippen LogP contribution in [0.25, 0.3) is 0 Å². The number of carbonyl (C=O) groups excluding carboxylic acids is 1. The number of amides is 1. The minimum absolute atomic E-state index is 0.0358. The molecular formula is C15H15FN2OS. The van der Waals surface area contributed by atoms with Crippen molar-refractivity contribution in [3.05, 3.63) is 51.2 Å². The first-order chi connectivity index (χ1) is 9.56. The predicted octanol–water partition coefficient (Wildman–Crippen LogP) is 3.49. The van der Waals surface area contributed by atoms with Crippen LogP contribution in [0.1, 0.15) is 38.4 Å². The Balaban J connectivity index is 1.83. The van der Waals surface area contributed by atoms with Crippen LogP contribution in [0.3, 0.4) is 0 Å². The van der Waals surface area contributed by atoms with E-state index in [0.29, 0.717) is 4.88 Å². The Morgan fingerprint density at radius 3 is 2.55 bits per heavy atom. The summed E-state index contributed by atoms with van der Waals surface area (Å²) >= 11 is 1.44. The largest absolute Gasteiger partial charge is 0.331 e. The van der Waals surface area contributed by atoms with Crippen LogP contribution in [0.4, 0.5) is 4.39 Å². The minimum atomic E-state index is -0.250. The van der Waals surface area contributed by atoms with E-state index in [1.165, 1.54) is 23.5 Å². The van der Waals surface area contributed by atoms with Crippen molar-refractivity contribution < 1.29 is 9.18 Å². The molecule has 0 saturated carbocycles. The van der Waals surface area contributed by atoms with E-state index < -0.39 is 0 Å². The summed E-state index contributed by atoms with van der Waals surface area (Å²) in [6.45, 7) is 4.52. The van der Waals surface area contributed by atoms with Gasteiger partial charge in [-0.15, -0.1) is 11.3 Å². The van der Waals surface area contributed by atoms with Gasteiger partial charge in [-0.1, -0.05) is 12.1 Å². The fourth-order valence-electron chi connectivity index (χ4n) is 2.52. The van der Waals surface area contributed by atoms with E-state index in [0.717, 1.165) is 29.2 Å². The molecule has 20 heavy (non-hydrogen) atoms. The maximum atomic E-state index is 13.0. The van der Waals surface area contributed by atoms with Crippen LogP contribution in [0.5, 0.6) is 0 Å². The predicted molar refractivity (Wildman–Crippen MR) is 76.4 cm³/mol. The number of halogens is 1. The highest BCUT2D eigenvalue weighted by Crippen LogP contribution is 2.35. The maximum Gasteiger partial charge on any atom is 0.266 e. The first-order valence-electron chi connectivity index (χ1n) is 6.56. The van der Waals surface area contributed by atoms with Crippen molar-refractivity contribution in [3.63, 3.8) is 0 Å². The molecule has 104 valence electrons. The van der Waals surface area contributed by atoms with Crippen LogP contribution in [0.2, 0.25) is 0 Å². The van der Waals surface area contributed by atoms with Gasteiger partial charge in [0.25, 0.3) is 5.91 Å². The van der Waals surface area contributed by atoms with E-state index in [2.05, 4.69) is 4.98 Å². The van der Waals surface area contributed by atoms with E-state index >= 15 is 0 Å². The van der Waals surface area contributed by atoms with Gasteiger partial charge in [0, 0.05) is 6.54 Å². The van der Waals surface area contributed by atoms with Crippen LogP contribution in [-0.2, 0) is 0 Å². The zero-order chi connectivity index (χ0) is 14.3. The summed E-state index contributed by atoms with van der Waals surface area (Å²) in [5.41, 5.74) is 1.78. The molecule has 3 nitrogen and oxygen atoms in total. The molecule has 5 heteroatoms. The van der Waals surface area contributed by atoms with Crippen molar-refractivity contribution in [2.75, 3.05) is 6.54 Å². The lowest BCUT2D eigenvalue weighted by Gasteiger charge is -2.41. The van der Waals surface area contributed by atoms with Gasteiger partial charge in [-0.05, 0) is 38.0 Å². The highest BCUT2D eigenvalue weighted by Gasteiger charge is 2.35. The average molecular weight is 290 g/mol. The lowest BCUT2D eigenvalue weighted by molar-refractivity contribution is 0.0464. The van der Waals surface area contributed by atoms with Crippen molar-refractivity contribution in [1.29, 1.82) is 0 Å². The monoisotopic (exact) mass is 290 g/mol. The van der Waals surface area contributed by atoms with Crippen molar-refractivity contribution >= 4 is 17.2 Å². The lowest BCUT2D eigenvalue weighted by atomic mass is 9.94. The smallest absolute Gasteiger partial charge is 0.266 e. The van der Waals surface area contributed by atoms with Gasteiger partial charge in [0.05, 0.1) is 16.7 Å². The van der Waals surface area contributed by atoms with Crippen LogP contribution >= 0.6 is 11.3 Å².